The summed E-state index contributed by atoms with van der Waals surface area (Å²) in [5.41, 5.74) is 2.44. The number of carbonyl (C=O) groups excluding carboxylic acids is 1. The first-order chi connectivity index (χ1) is 15.0. The maximum absolute atomic E-state index is 13.6. The van der Waals surface area contributed by atoms with E-state index < -0.39 is 17.4 Å². The second kappa shape index (κ2) is 8.83. The van der Waals surface area contributed by atoms with Crippen LogP contribution in [0, 0.1) is 12.7 Å². The molecule has 0 aliphatic carbocycles. The van der Waals surface area contributed by atoms with Gasteiger partial charge < -0.3 is 13.9 Å². The van der Waals surface area contributed by atoms with Crippen LogP contribution in [0.25, 0.3) is 11.0 Å². The van der Waals surface area contributed by atoms with Gasteiger partial charge in [-0.25, -0.2) is 14.0 Å². The van der Waals surface area contributed by atoms with E-state index in [9.17, 15) is 14.0 Å². The predicted molar refractivity (Wildman–Crippen MR) is 114 cm³/mol. The summed E-state index contributed by atoms with van der Waals surface area (Å²) in [6.07, 6.45) is 0. The van der Waals surface area contributed by atoms with Crippen molar-refractivity contribution in [3.8, 4) is 5.75 Å². The van der Waals surface area contributed by atoms with Crippen LogP contribution in [0.2, 0.25) is 0 Å². The number of fused-ring (bicyclic) bond motifs is 1. The van der Waals surface area contributed by atoms with Crippen molar-refractivity contribution in [2.24, 2.45) is 0 Å². The summed E-state index contributed by atoms with van der Waals surface area (Å²) in [6, 6.07) is 19.7. The molecule has 3 aromatic carbocycles. The van der Waals surface area contributed by atoms with Crippen molar-refractivity contribution in [3.05, 3.63) is 111 Å². The highest BCUT2D eigenvalue weighted by Gasteiger charge is 2.10. The zero-order valence-corrected chi connectivity index (χ0v) is 16.8. The maximum Gasteiger partial charge on any atom is 0.338 e. The normalized spacial score (nSPS) is 10.8. The molecule has 0 N–H and O–H groups in total. The minimum absolute atomic E-state index is 0.131. The Balaban J connectivity index is 1.37. The summed E-state index contributed by atoms with van der Waals surface area (Å²) in [7, 11) is 0. The lowest BCUT2D eigenvalue weighted by Crippen LogP contribution is -2.06. The van der Waals surface area contributed by atoms with Gasteiger partial charge in [-0.1, -0.05) is 30.3 Å². The Morgan fingerprint density at radius 3 is 2.52 bits per heavy atom. The fraction of sp³-hybridized carbons (Fsp3) is 0.120. The lowest BCUT2D eigenvalue weighted by molar-refractivity contribution is 0.0469. The summed E-state index contributed by atoms with van der Waals surface area (Å²) in [5, 5.41) is 0.852. The molecule has 31 heavy (non-hydrogen) atoms. The molecule has 0 amide bonds. The van der Waals surface area contributed by atoms with Gasteiger partial charge in [0, 0.05) is 23.1 Å². The van der Waals surface area contributed by atoms with Gasteiger partial charge in [0.2, 0.25) is 0 Å². The molecule has 4 aromatic rings. The van der Waals surface area contributed by atoms with Gasteiger partial charge in [0.1, 0.15) is 30.4 Å². The third kappa shape index (κ3) is 4.80. The number of esters is 1. The summed E-state index contributed by atoms with van der Waals surface area (Å²) in [5.74, 6) is -0.379. The van der Waals surface area contributed by atoms with Crippen LogP contribution in [-0.4, -0.2) is 5.97 Å². The highest BCUT2D eigenvalue weighted by Crippen LogP contribution is 2.23. The average Bonchev–Trinajstić information content (AvgIpc) is 2.77. The topological polar surface area (TPSA) is 65.7 Å². The van der Waals surface area contributed by atoms with Crippen LogP contribution in [0.3, 0.4) is 0 Å². The van der Waals surface area contributed by atoms with E-state index in [1.165, 1.54) is 12.1 Å². The molecule has 0 aliphatic rings. The first kappa shape index (κ1) is 20.3. The van der Waals surface area contributed by atoms with Gasteiger partial charge in [-0.3, -0.25) is 0 Å². The van der Waals surface area contributed by atoms with Gasteiger partial charge in [0.25, 0.3) is 0 Å². The summed E-state index contributed by atoms with van der Waals surface area (Å²) in [6.45, 7) is 1.99. The fourth-order valence-corrected chi connectivity index (χ4v) is 3.14. The third-order valence-electron chi connectivity index (χ3n) is 4.83. The molecule has 0 unspecified atom stereocenters. The number of carbonyl (C=O) groups is 1. The van der Waals surface area contributed by atoms with E-state index in [4.69, 9.17) is 13.9 Å². The molecule has 6 heteroatoms. The lowest BCUT2D eigenvalue weighted by atomic mass is 10.1. The monoisotopic (exact) mass is 418 g/mol. The highest BCUT2D eigenvalue weighted by molar-refractivity contribution is 5.89. The van der Waals surface area contributed by atoms with E-state index in [0.717, 1.165) is 16.5 Å². The number of ether oxygens (including phenoxy) is 2. The van der Waals surface area contributed by atoms with Gasteiger partial charge in [-0.05, 0) is 48.4 Å². The second-order valence-electron chi connectivity index (χ2n) is 7.06. The quantitative estimate of drug-likeness (QED) is 0.319. The molecule has 0 saturated carbocycles. The largest absolute Gasteiger partial charge is 0.489 e. The highest BCUT2D eigenvalue weighted by atomic mass is 19.1. The van der Waals surface area contributed by atoms with Crippen molar-refractivity contribution < 1.29 is 23.1 Å². The van der Waals surface area contributed by atoms with Crippen LogP contribution >= 0.6 is 0 Å². The number of aryl methyl sites for hydroxylation is 1. The molecule has 4 rings (SSSR count). The average molecular weight is 418 g/mol. The van der Waals surface area contributed by atoms with E-state index in [2.05, 4.69) is 0 Å². The third-order valence-corrected chi connectivity index (χ3v) is 4.83. The van der Waals surface area contributed by atoms with Gasteiger partial charge in [0.05, 0.1) is 5.56 Å². The summed E-state index contributed by atoms with van der Waals surface area (Å²) >= 11 is 0. The second-order valence-corrected chi connectivity index (χ2v) is 7.06. The molecule has 0 saturated heterocycles. The van der Waals surface area contributed by atoms with Gasteiger partial charge >= 0.3 is 11.6 Å². The van der Waals surface area contributed by atoms with Crippen molar-refractivity contribution in [2.45, 2.75) is 20.1 Å². The summed E-state index contributed by atoms with van der Waals surface area (Å²) < 4.78 is 29.8. The molecule has 0 bridgehead atoms. The maximum atomic E-state index is 13.6. The molecule has 0 radical (unpaired) electrons. The Hall–Kier alpha value is -3.93. The zero-order chi connectivity index (χ0) is 21.8. The minimum atomic E-state index is -0.532. The zero-order valence-electron chi connectivity index (χ0n) is 16.8. The first-order valence-corrected chi connectivity index (χ1v) is 9.66. The Labute approximate surface area is 177 Å². The van der Waals surface area contributed by atoms with Crippen molar-refractivity contribution in [1.82, 2.24) is 0 Å². The molecular formula is C25H19FO5. The van der Waals surface area contributed by atoms with Crippen LogP contribution < -0.4 is 10.4 Å². The fourth-order valence-electron chi connectivity index (χ4n) is 3.14. The van der Waals surface area contributed by atoms with E-state index in [0.29, 0.717) is 22.5 Å². The molecule has 0 spiro atoms. The van der Waals surface area contributed by atoms with E-state index in [1.807, 2.05) is 19.1 Å². The van der Waals surface area contributed by atoms with Crippen LogP contribution in [0.15, 0.2) is 82.0 Å². The van der Waals surface area contributed by atoms with Crippen LogP contribution in [0.1, 0.15) is 27.0 Å². The number of hydrogen-bond acceptors (Lipinski definition) is 5. The van der Waals surface area contributed by atoms with Crippen molar-refractivity contribution in [1.29, 1.82) is 0 Å². The predicted octanol–water partition coefficient (Wildman–Crippen LogP) is 5.18. The summed E-state index contributed by atoms with van der Waals surface area (Å²) in [4.78, 5) is 23.7. The lowest BCUT2D eigenvalue weighted by Gasteiger charge is -2.09. The number of halogens is 1. The van der Waals surface area contributed by atoms with Crippen LogP contribution in [0.4, 0.5) is 4.39 Å². The van der Waals surface area contributed by atoms with Crippen LogP contribution in [-0.2, 0) is 18.0 Å². The number of hydrogen-bond donors (Lipinski definition) is 0. The van der Waals surface area contributed by atoms with Crippen molar-refractivity contribution >= 4 is 16.9 Å². The van der Waals surface area contributed by atoms with E-state index in [-0.39, 0.29) is 13.2 Å². The van der Waals surface area contributed by atoms with Crippen molar-refractivity contribution in [2.75, 3.05) is 0 Å². The molecule has 0 atom stereocenters. The molecular weight excluding hydrogens is 399 g/mol. The number of benzene rings is 3. The molecule has 0 aliphatic heterocycles. The van der Waals surface area contributed by atoms with E-state index in [1.54, 1.807) is 48.5 Å². The Morgan fingerprint density at radius 2 is 1.74 bits per heavy atom. The molecule has 0 fully saturated rings. The van der Waals surface area contributed by atoms with Crippen LogP contribution in [0.5, 0.6) is 5.75 Å². The van der Waals surface area contributed by atoms with E-state index >= 15 is 0 Å². The van der Waals surface area contributed by atoms with Gasteiger partial charge in [0.15, 0.2) is 0 Å². The first-order valence-electron chi connectivity index (χ1n) is 9.66. The number of rotatable bonds is 6. The standard InChI is InChI=1S/C25H19FO5/c1-16-12-24(27)31-23-13-20(10-11-21(16)23)29-14-17-6-8-18(9-7-17)25(28)30-15-19-4-2-3-5-22(19)26/h2-13H,14-15H2,1H3. The SMILES string of the molecule is Cc1cc(=O)oc2cc(OCc3ccc(C(=O)OCc4ccccc4F)cc3)ccc12. The minimum Gasteiger partial charge on any atom is -0.489 e. The Bertz CT molecular complexity index is 1290. The molecule has 1 aromatic heterocycles. The van der Waals surface area contributed by atoms with Gasteiger partial charge in [-0.2, -0.15) is 0 Å². The molecule has 156 valence electrons. The molecule has 5 nitrogen and oxygen atoms in total. The Kier molecular flexibility index (Phi) is 5.80. The Morgan fingerprint density at radius 1 is 0.968 bits per heavy atom. The van der Waals surface area contributed by atoms with Crippen molar-refractivity contribution in [3.63, 3.8) is 0 Å². The molecule has 1 heterocycles. The smallest absolute Gasteiger partial charge is 0.338 e. The van der Waals surface area contributed by atoms with Gasteiger partial charge in [-0.15, -0.1) is 0 Å².